The fourth-order valence-electron chi connectivity index (χ4n) is 1.44. The first-order chi connectivity index (χ1) is 6.33. The number of hydrogen-bond donors (Lipinski definition) is 0. The fraction of sp³-hybridized carbons (Fsp3) is 0.818. The Kier molecular flexibility index (Phi) is 5.37. The number of allylic oxidation sites excluding steroid dienone is 1. The molecule has 13 heavy (non-hydrogen) atoms. The molecule has 2 heteroatoms. The third-order valence-corrected chi connectivity index (χ3v) is 3.49. The van der Waals surface area contributed by atoms with Crippen molar-refractivity contribution in [1.82, 2.24) is 0 Å². The van der Waals surface area contributed by atoms with Gasteiger partial charge in [0.25, 0.3) is 0 Å². The summed E-state index contributed by atoms with van der Waals surface area (Å²) >= 11 is 1.96. The molecule has 0 aromatic heterocycles. The van der Waals surface area contributed by atoms with E-state index in [2.05, 4.69) is 13.5 Å². The minimum atomic E-state index is 0.411. The quantitative estimate of drug-likeness (QED) is 0.600. The van der Waals surface area contributed by atoms with Crippen molar-refractivity contribution in [2.45, 2.75) is 50.9 Å². The third kappa shape index (κ3) is 4.61. The van der Waals surface area contributed by atoms with Gasteiger partial charge in [-0.2, -0.15) is 0 Å². The maximum atomic E-state index is 5.54. The van der Waals surface area contributed by atoms with Gasteiger partial charge in [-0.1, -0.05) is 32.8 Å². The zero-order valence-electron chi connectivity index (χ0n) is 8.55. The van der Waals surface area contributed by atoms with Crippen LogP contribution in [0.3, 0.4) is 0 Å². The summed E-state index contributed by atoms with van der Waals surface area (Å²) in [5.41, 5.74) is 0.411. The van der Waals surface area contributed by atoms with E-state index in [-0.39, 0.29) is 0 Å². The fourth-order valence-corrected chi connectivity index (χ4v) is 2.57. The molecule has 0 radical (unpaired) electrons. The van der Waals surface area contributed by atoms with E-state index in [1.54, 1.807) is 0 Å². The Morgan fingerprint density at radius 3 is 2.92 bits per heavy atom. The average molecular weight is 200 g/mol. The van der Waals surface area contributed by atoms with E-state index < -0.39 is 0 Å². The molecule has 0 aromatic carbocycles. The maximum Gasteiger partial charge on any atom is 0.144 e. The normalized spacial score (nSPS) is 21.9. The van der Waals surface area contributed by atoms with Crippen LogP contribution in [0, 0.1) is 0 Å². The molecule has 1 unspecified atom stereocenters. The molecule has 1 fully saturated rings. The number of unbranched alkanes of at least 4 members (excludes halogenated alkanes) is 3. The number of thioether (sulfide) groups is 1. The van der Waals surface area contributed by atoms with E-state index >= 15 is 0 Å². The van der Waals surface area contributed by atoms with Gasteiger partial charge in [0.1, 0.15) is 5.44 Å². The zero-order chi connectivity index (χ0) is 9.52. The summed E-state index contributed by atoms with van der Waals surface area (Å²) in [6.45, 7) is 6.07. The molecule has 1 atom stereocenters. The highest BCUT2D eigenvalue weighted by molar-refractivity contribution is 7.99. The summed E-state index contributed by atoms with van der Waals surface area (Å²) < 4.78 is 5.54. The molecule has 1 saturated heterocycles. The molecule has 0 spiro atoms. The lowest BCUT2D eigenvalue weighted by Crippen LogP contribution is -1.98. The first-order valence-corrected chi connectivity index (χ1v) is 6.34. The van der Waals surface area contributed by atoms with Gasteiger partial charge in [-0.15, -0.1) is 11.8 Å². The Labute approximate surface area is 85.9 Å². The second-order valence-electron chi connectivity index (χ2n) is 3.56. The molecule has 0 amide bonds. The molecule has 76 valence electrons. The highest BCUT2D eigenvalue weighted by Crippen LogP contribution is 2.30. The molecule has 1 heterocycles. The van der Waals surface area contributed by atoms with Gasteiger partial charge in [-0.05, 0) is 12.2 Å². The molecule has 1 aliphatic rings. The summed E-state index contributed by atoms with van der Waals surface area (Å²) in [6.07, 6.45) is 7.63. The standard InChI is InChI=1S/C11H20OS/c1-3-4-5-6-9-13-11-8-7-10(2)12-11/h11H,2-9H2,1H3. The highest BCUT2D eigenvalue weighted by atomic mass is 32.2. The Bertz CT molecular complexity index is 156. The number of ether oxygens (including phenoxy) is 1. The SMILES string of the molecule is C=C1CCC(SCCCCCC)O1. The summed E-state index contributed by atoms with van der Waals surface area (Å²) in [6, 6.07) is 0. The van der Waals surface area contributed by atoms with Gasteiger partial charge < -0.3 is 4.74 Å². The van der Waals surface area contributed by atoms with Crippen molar-refractivity contribution < 1.29 is 4.74 Å². The topological polar surface area (TPSA) is 9.23 Å². The van der Waals surface area contributed by atoms with Gasteiger partial charge in [0, 0.05) is 12.8 Å². The molecular formula is C11H20OS. The average Bonchev–Trinajstić information content (AvgIpc) is 2.51. The van der Waals surface area contributed by atoms with Crippen LogP contribution in [-0.4, -0.2) is 11.2 Å². The second kappa shape index (κ2) is 6.36. The lowest BCUT2D eigenvalue weighted by molar-refractivity contribution is 0.236. The minimum Gasteiger partial charge on any atom is -0.485 e. The first-order valence-electron chi connectivity index (χ1n) is 5.29. The van der Waals surface area contributed by atoms with Gasteiger partial charge in [0.05, 0.1) is 5.76 Å². The van der Waals surface area contributed by atoms with Gasteiger partial charge in [-0.3, -0.25) is 0 Å². The highest BCUT2D eigenvalue weighted by Gasteiger charge is 2.18. The van der Waals surface area contributed by atoms with Crippen LogP contribution < -0.4 is 0 Å². The zero-order valence-corrected chi connectivity index (χ0v) is 9.37. The molecule has 0 N–H and O–H groups in total. The van der Waals surface area contributed by atoms with Crippen molar-refractivity contribution in [2.75, 3.05) is 5.75 Å². The summed E-state index contributed by atoms with van der Waals surface area (Å²) in [5, 5.41) is 0. The van der Waals surface area contributed by atoms with E-state index in [1.807, 2.05) is 11.8 Å². The summed E-state index contributed by atoms with van der Waals surface area (Å²) in [7, 11) is 0. The predicted octanol–water partition coefficient (Wildman–Crippen LogP) is 3.95. The Morgan fingerprint density at radius 2 is 2.31 bits per heavy atom. The van der Waals surface area contributed by atoms with E-state index in [4.69, 9.17) is 4.74 Å². The van der Waals surface area contributed by atoms with Crippen molar-refractivity contribution in [3.63, 3.8) is 0 Å². The Balaban J connectivity index is 1.91. The van der Waals surface area contributed by atoms with Crippen LogP contribution in [0.5, 0.6) is 0 Å². The third-order valence-electron chi connectivity index (χ3n) is 2.26. The van der Waals surface area contributed by atoms with E-state index in [9.17, 15) is 0 Å². The monoisotopic (exact) mass is 200 g/mol. The molecule has 1 aliphatic heterocycles. The van der Waals surface area contributed by atoms with Crippen LogP contribution >= 0.6 is 11.8 Å². The summed E-state index contributed by atoms with van der Waals surface area (Å²) in [4.78, 5) is 0. The van der Waals surface area contributed by atoms with E-state index in [0.717, 1.165) is 18.6 Å². The largest absolute Gasteiger partial charge is 0.485 e. The van der Waals surface area contributed by atoms with Crippen LogP contribution in [-0.2, 0) is 4.74 Å². The molecular weight excluding hydrogens is 180 g/mol. The van der Waals surface area contributed by atoms with Crippen LogP contribution in [0.2, 0.25) is 0 Å². The summed E-state index contributed by atoms with van der Waals surface area (Å²) in [5.74, 6) is 2.23. The number of rotatable bonds is 6. The molecule has 0 saturated carbocycles. The molecule has 0 aliphatic carbocycles. The lowest BCUT2D eigenvalue weighted by atomic mass is 10.2. The molecule has 0 bridgehead atoms. The number of hydrogen-bond acceptors (Lipinski definition) is 2. The van der Waals surface area contributed by atoms with Crippen molar-refractivity contribution in [1.29, 1.82) is 0 Å². The lowest BCUT2D eigenvalue weighted by Gasteiger charge is -2.09. The van der Waals surface area contributed by atoms with Crippen molar-refractivity contribution >= 4 is 11.8 Å². The van der Waals surface area contributed by atoms with Crippen LogP contribution in [0.15, 0.2) is 12.3 Å². The van der Waals surface area contributed by atoms with Crippen LogP contribution in [0.1, 0.15) is 45.4 Å². The van der Waals surface area contributed by atoms with Crippen molar-refractivity contribution in [3.05, 3.63) is 12.3 Å². The molecule has 1 nitrogen and oxygen atoms in total. The molecule has 0 aromatic rings. The van der Waals surface area contributed by atoms with E-state index in [1.165, 1.54) is 31.4 Å². The van der Waals surface area contributed by atoms with Crippen LogP contribution in [0.25, 0.3) is 0 Å². The minimum absolute atomic E-state index is 0.411. The van der Waals surface area contributed by atoms with Gasteiger partial charge in [-0.25, -0.2) is 0 Å². The first kappa shape index (κ1) is 11.0. The second-order valence-corrected chi connectivity index (χ2v) is 4.82. The Hall–Kier alpha value is -0.110. The molecule has 1 rings (SSSR count). The predicted molar refractivity (Wildman–Crippen MR) is 59.8 cm³/mol. The van der Waals surface area contributed by atoms with Gasteiger partial charge >= 0.3 is 0 Å². The van der Waals surface area contributed by atoms with Crippen molar-refractivity contribution in [2.24, 2.45) is 0 Å². The Morgan fingerprint density at radius 1 is 1.46 bits per heavy atom. The van der Waals surface area contributed by atoms with Gasteiger partial charge in [0.2, 0.25) is 0 Å². The van der Waals surface area contributed by atoms with Gasteiger partial charge in [0.15, 0.2) is 0 Å². The smallest absolute Gasteiger partial charge is 0.144 e. The van der Waals surface area contributed by atoms with E-state index in [0.29, 0.717) is 5.44 Å². The maximum absolute atomic E-state index is 5.54. The van der Waals surface area contributed by atoms with Crippen molar-refractivity contribution in [3.8, 4) is 0 Å². The van der Waals surface area contributed by atoms with Crippen LogP contribution in [0.4, 0.5) is 0 Å².